The van der Waals surface area contributed by atoms with E-state index in [1.807, 2.05) is 74.5 Å². The van der Waals surface area contributed by atoms with Gasteiger partial charge in [-0.2, -0.15) is 4.57 Å². The maximum Gasteiger partial charge on any atom is 0.648 e. The Bertz CT molecular complexity index is 1370. The summed E-state index contributed by atoms with van der Waals surface area (Å²) in [7, 11) is -4.21. The fraction of sp³-hybridized carbons (Fsp3) is 0.107. The number of ether oxygens (including phenoxy) is 1. The Morgan fingerprint density at radius 1 is 0.667 bits per heavy atom. The first-order valence-electron chi connectivity index (χ1n) is 11.3. The maximum absolute atomic E-state index is 14.0. The monoisotopic (exact) mass is 517 g/mol. The van der Waals surface area contributed by atoms with E-state index in [-0.39, 0.29) is 5.90 Å². The Labute approximate surface area is 214 Å². The van der Waals surface area contributed by atoms with Crippen LogP contribution in [0, 0.1) is 0 Å². The molecule has 0 bridgehead atoms. The van der Waals surface area contributed by atoms with Gasteiger partial charge in [-0.15, -0.1) is 0 Å². The fourth-order valence-electron chi connectivity index (χ4n) is 3.52. The van der Waals surface area contributed by atoms with Crippen LogP contribution in [-0.4, -0.2) is 10.8 Å². The van der Waals surface area contributed by atoms with Crippen LogP contribution in [0.3, 0.4) is 0 Å². The highest BCUT2D eigenvalue weighted by molar-refractivity contribution is 8.00. The van der Waals surface area contributed by atoms with Crippen molar-refractivity contribution >= 4 is 25.5 Å². The Balaban J connectivity index is 1.52. The molecule has 0 aromatic heterocycles. The molecular formula is C28H24NO5PS. The number of phosphoric ester groups is 1. The molecule has 0 aliphatic carbocycles. The lowest BCUT2D eigenvalue weighted by Crippen LogP contribution is -2.24. The number of hydrogen-bond acceptors (Lipinski definition) is 7. The minimum atomic E-state index is -4.21. The molecule has 36 heavy (non-hydrogen) atoms. The molecule has 4 aromatic carbocycles. The Kier molecular flexibility index (Phi) is 6.77. The molecule has 1 heterocycles. The van der Waals surface area contributed by atoms with E-state index in [4.69, 9.17) is 23.3 Å². The van der Waals surface area contributed by atoms with Crippen LogP contribution in [0.4, 0.5) is 0 Å². The van der Waals surface area contributed by atoms with Crippen molar-refractivity contribution in [3.63, 3.8) is 0 Å². The topological polar surface area (TPSA) is 66.4 Å². The summed E-state index contributed by atoms with van der Waals surface area (Å²) in [5, 5.41) is 0. The molecule has 182 valence electrons. The van der Waals surface area contributed by atoms with Crippen molar-refractivity contribution in [2.75, 3.05) is 0 Å². The molecule has 5 rings (SSSR count). The van der Waals surface area contributed by atoms with Gasteiger partial charge in [0.15, 0.2) is 0 Å². The van der Waals surface area contributed by atoms with E-state index < -0.39 is 12.7 Å². The summed E-state index contributed by atoms with van der Waals surface area (Å²) >= 11 is 1.53. The van der Waals surface area contributed by atoms with Gasteiger partial charge >= 0.3 is 7.82 Å². The third kappa shape index (κ3) is 5.76. The van der Waals surface area contributed by atoms with Crippen LogP contribution < -0.4 is 13.8 Å². The number of nitrogens with zero attached hydrogens (tertiary/aromatic N) is 1. The van der Waals surface area contributed by atoms with Crippen molar-refractivity contribution in [2.45, 2.75) is 23.6 Å². The van der Waals surface area contributed by atoms with Crippen LogP contribution in [0.2, 0.25) is 0 Å². The van der Waals surface area contributed by atoms with E-state index in [0.717, 1.165) is 4.90 Å². The second kappa shape index (κ2) is 10.1. The Morgan fingerprint density at radius 2 is 1.19 bits per heavy atom. The molecule has 0 saturated heterocycles. The average molecular weight is 518 g/mol. The maximum atomic E-state index is 14.0. The lowest BCUT2D eigenvalue weighted by atomic mass is 10.2. The molecular weight excluding hydrogens is 493 g/mol. The smallest absolute Gasteiger partial charge is 0.456 e. The van der Waals surface area contributed by atoms with Crippen LogP contribution >= 0.6 is 19.6 Å². The van der Waals surface area contributed by atoms with Crippen molar-refractivity contribution in [1.82, 2.24) is 0 Å². The first-order chi connectivity index (χ1) is 17.4. The van der Waals surface area contributed by atoms with Crippen molar-refractivity contribution in [1.29, 1.82) is 0 Å². The normalized spacial score (nSPS) is 14.2. The highest BCUT2D eigenvalue weighted by Crippen LogP contribution is 2.53. The van der Waals surface area contributed by atoms with Gasteiger partial charge in [0.2, 0.25) is 5.90 Å². The predicted octanol–water partition coefficient (Wildman–Crippen LogP) is 8.35. The zero-order valence-electron chi connectivity index (χ0n) is 19.7. The van der Waals surface area contributed by atoms with E-state index >= 15 is 0 Å². The van der Waals surface area contributed by atoms with Crippen molar-refractivity contribution < 1.29 is 22.9 Å². The summed E-state index contributed by atoms with van der Waals surface area (Å²) in [5.41, 5.74) is 0.640. The summed E-state index contributed by atoms with van der Waals surface area (Å²) in [6.45, 7) is 3.90. The summed E-state index contributed by atoms with van der Waals surface area (Å²) in [6, 6.07) is 32.7. The zero-order valence-corrected chi connectivity index (χ0v) is 21.4. The molecule has 0 atom stereocenters. The number of aliphatic imine (C=N–C) groups is 1. The van der Waals surface area contributed by atoms with Gasteiger partial charge in [0.25, 0.3) is 0 Å². The molecule has 4 aromatic rings. The van der Waals surface area contributed by atoms with Crippen molar-refractivity contribution in [3.8, 4) is 23.0 Å². The van der Waals surface area contributed by atoms with E-state index in [0.29, 0.717) is 28.6 Å². The van der Waals surface area contributed by atoms with Gasteiger partial charge in [-0.1, -0.05) is 72.4 Å². The van der Waals surface area contributed by atoms with E-state index in [9.17, 15) is 4.57 Å². The number of phosphoric acid groups is 1. The van der Waals surface area contributed by atoms with Gasteiger partial charge in [0, 0.05) is 0 Å². The quantitative estimate of drug-likeness (QED) is 0.230. The molecule has 0 unspecified atom stereocenters. The average Bonchev–Trinajstić information content (AvgIpc) is 2.86. The molecule has 1 aliphatic rings. The molecule has 0 radical (unpaired) electrons. The van der Waals surface area contributed by atoms with Crippen LogP contribution in [0.25, 0.3) is 0 Å². The summed E-state index contributed by atoms with van der Waals surface area (Å²) < 4.78 is 37.9. The largest absolute Gasteiger partial charge is 0.648 e. The second-order valence-corrected chi connectivity index (χ2v) is 11.4. The SMILES string of the molecule is CC1(C)N=C(OP(=O)(Oc2ccccc2)Oc2ccccc2)c2cccc(Oc3ccccc3)c2S1. The van der Waals surface area contributed by atoms with Crippen LogP contribution in [0.15, 0.2) is 119 Å². The number of fused-ring (bicyclic) bond motifs is 1. The minimum Gasteiger partial charge on any atom is -0.456 e. The number of para-hydroxylation sites is 3. The summed E-state index contributed by atoms with van der Waals surface area (Å²) in [6.07, 6.45) is 0. The van der Waals surface area contributed by atoms with Gasteiger partial charge in [-0.25, -0.2) is 4.99 Å². The van der Waals surface area contributed by atoms with E-state index in [2.05, 4.69) is 0 Å². The third-order valence-electron chi connectivity index (χ3n) is 5.02. The van der Waals surface area contributed by atoms with E-state index in [1.165, 1.54) is 11.8 Å². The van der Waals surface area contributed by atoms with Gasteiger partial charge < -0.3 is 18.3 Å². The molecule has 0 N–H and O–H groups in total. The molecule has 8 heteroatoms. The lowest BCUT2D eigenvalue weighted by molar-refractivity contribution is 0.293. The molecule has 0 amide bonds. The van der Waals surface area contributed by atoms with Gasteiger partial charge in [-0.05, 0) is 62.4 Å². The third-order valence-corrected chi connectivity index (χ3v) is 7.50. The highest BCUT2D eigenvalue weighted by atomic mass is 32.2. The van der Waals surface area contributed by atoms with Crippen LogP contribution in [0.5, 0.6) is 23.0 Å². The number of benzene rings is 4. The number of hydrogen-bond donors (Lipinski definition) is 0. The second-order valence-electron chi connectivity index (χ2n) is 8.36. The van der Waals surface area contributed by atoms with Crippen molar-refractivity contribution in [3.05, 3.63) is 115 Å². The number of rotatable bonds is 7. The lowest BCUT2D eigenvalue weighted by Gasteiger charge is -2.30. The molecule has 6 nitrogen and oxygen atoms in total. The fourth-order valence-corrected chi connectivity index (χ4v) is 5.84. The molecule has 0 saturated carbocycles. The first-order valence-corrected chi connectivity index (χ1v) is 13.6. The van der Waals surface area contributed by atoms with E-state index in [1.54, 1.807) is 48.5 Å². The standard InChI is InChI=1S/C28H24NO5PS/c1-28(2)29-27(24-19-12-20-25(26(24)36-28)31-21-13-6-3-7-14-21)34-35(30,32-22-15-8-4-9-16-22)33-23-17-10-5-11-18-23/h3-20H,1-2H3. The molecule has 1 aliphatic heterocycles. The molecule has 0 spiro atoms. The summed E-state index contributed by atoms with van der Waals surface area (Å²) in [5.74, 6) is 2.21. The van der Waals surface area contributed by atoms with Crippen LogP contribution in [-0.2, 0) is 9.09 Å². The highest BCUT2D eigenvalue weighted by Gasteiger charge is 2.39. The zero-order chi connectivity index (χ0) is 25.0. The summed E-state index contributed by atoms with van der Waals surface area (Å²) in [4.78, 5) is 4.94. The molecule has 0 fully saturated rings. The predicted molar refractivity (Wildman–Crippen MR) is 142 cm³/mol. The van der Waals surface area contributed by atoms with Crippen molar-refractivity contribution in [2.24, 2.45) is 4.99 Å². The Morgan fingerprint density at radius 3 is 1.75 bits per heavy atom. The van der Waals surface area contributed by atoms with Gasteiger partial charge in [-0.3, -0.25) is 0 Å². The number of thioether (sulfide) groups is 1. The van der Waals surface area contributed by atoms with Gasteiger partial charge in [0.1, 0.15) is 27.9 Å². The Hall–Kier alpha value is -3.67. The van der Waals surface area contributed by atoms with Crippen LogP contribution in [0.1, 0.15) is 19.4 Å². The minimum absolute atomic E-state index is 0.155. The van der Waals surface area contributed by atoms with Gasteiger partial charge in [0.05, 0.1) is 10.5 Å². The first kappa shape index (κ1) is 24.0.